The fourth-order valence-corrected chi connectivity index (χ4v) is 7.65. The summed E-state index contributed by atoms with van der Waals surface area (Å²) in [4.78, 5) is 0. The van der Waals surface area contributed by atoms with Crippen molar-refractivity contribution in [1.29, 1.82) is 0 Å². The van der Waals surface area contributed by atoms with E-state index in [1.54, 1.807) is 13.8 Å². The molecule has 5 nitrogen and oxygen atoms in total. The van der Waals surface area contributed by atoms with E-state index in [-0.39, 0.29) is 5.41 Å². The Bertz CT molecular complexity index is 761. The Labute approximate surface area is 219 Å². The van der Waals surface area contributed by atoms with Gasteiger partial charge in [0.15, 0.2) is 0 Å². The summed E-state index contributed by atoms with van der Waals surface area (Å²) >= 11 is 0. The van der Waals surface area contributed by atoms with Crippen molar-refractivity contribution in [2.75, 3.05) is 0 Å². The lowest BCUT2D eigenvalue weighted by molar-refractivity contribution is -0.0563. The van der Waals surface area contributed by atoms with Crippen LogP contribution in [0.15, 0.2) is 23.3 Å². The van der Waals surface area contributed by atoms with Crippen molar-refractivity contribution < 1.29 is 25.5 Å². The van der Waals surface area contributed by atoms with Crippen LogP contribution in [0.2, 0.25) is 0 Å². The molecule has 0 aromatic heterocycles. The zero-order chi connectivity index (χ0) is 26.7. The average Bonchev–Trinajstić information content (AvgIpc) is 3.09. The van der Waals surface area contributed by atoms with Gasteiger partial charge in [-0.2, -0.15) is 0 Å². The quantitative estimate of drug-likeness (QED) is 0.272. The van der Waals surface area contributed by atoms with E-state index in [1.165, 1.54) is 31.3 Å². The minimum absolute atomic E-state index is 0.229. The Balaban J connectivity index is 1.76. The van der Waals surface area contributed by atoms with Crippen molar-refractivity contribution in [1.82, 2.24) is 0 Å². The highest BCUT2D eigenvalue weighted by Crippen LogP contribution is 2.60. The number of rotatable bonds is 10. The maximum Gasteiger partial charge on any atom is 0.0849 e. The summed E-state index contributed by atoms with van der Waals surface area (Å²) < 4.78 is 0. The molecule has 0 spiro atoms. The molecule has 36 heavy (non-hydrogen) atoms. The van der Waals surface area contributed by atoms with Crippen LogP contribution in [-0.4, -0.2) is 55.0 Å². The van der Waals surface area contributed by atoms with E-state index in [4.69, 9.17) is 0 Å². The molecular weight excluding hydrogens is 452 g/mol. The first-order valence-electron chi connectivity index (χ1n) is 14.6. The Hall–Kier alpha value is -0.720. The molecule has 0 amide bonds. The molecule has 0 aliphatic heterocycles. The third kappa shape index (κ3) is 7.89. The van der Waals surface area contributed by atoms with Gasteiger partial charge in [-0.05, 0) is 121 Å². The van der Waals surface area contributed by atoms with Crippen molar-refractivity contribution in [2.45, 2.75) is 148 Å². The first kappa shape index (κ1) is 29.8. The maximum absolute atomic E-state index is 10.6. The maximum atomic E-state index is 10.6. The van der Waals surface area contributed by atoms with Gasteiger partial charge in [0.05, 0.1) is 29.5 Å². The number of hydrogen-bond donors (Lipinski definition) is 5. The molecule has 0 aromatic rings. The van der Waals surface area contributed by atoms with Gasteiger partial charge in [0.1, 0.15) is 0 Å². The Kier molecular flexibility index (Phi) is 9.93. The Morgan fingerprint density at radius 3 is 2.25 bits per heavy atom. The minimum Gasteiger partial charge on any atom is -0.393 e. The number of aliphatic hydroxyl groups excluding tert-OH is 3. The molecule has 3 fully saturated rings. The molecule has 7 atom stereocenters. The van der Waals surface area contributed by atoms with Crippen molar-refractivity contribution in [3.8, 4) is 0 Å². The van der Waals surface area contributed by atoms with Crippen LogP contribution in [0.5, 0.6) is 0 Å². The van der Waals surface area contributed by atoms with E-state index in [0.717, 1.165) is 37.7 Å². The van der Waals surface area contributed by atoms with Crippen LogP contribution in [0.1, 0.15) is 118 Å². The standard InChI is InChI=1S/C31H54O5/c1-29(2,35)16-6-8-23(12-15-28(34)30(3,4)36)27-14-13-26-22(9-7-17-31(26,27)5)11-10-21-18-24(32)20-25(33)19-21/h10-11,23-28,32-36H,6-9,12-20H2,1-5H3/b22-11-/t23-,24+,25+,26-,27+,28-,31-/m0/s1. The number of fused-ring (bicyclic) bond motifs is 1. The topological polar surface area (TPSA) is 101 Å². The van der Waals surface area contributed by atoms with E-state index in [2.05, 4.69) is 19.1 Å². The summed E-state index contributed by atoms with van der Waals surface area (Å²) in [7, 11) is 0. The second-order valence-corrected chi connectivity index (χ2v) is 13.8. The number of allylic oxidation sites excluding steroid dienone is 3. The third-order valence-corrected chi connectivity index (χ3v) is 9.67. The monoisotopic (exact) mass is 506 g/mol. The molecule has 5 N–H and O–H groups in total. The van der Waals surface area contributed by atoms with Gasteiger partial charge in [0.25, 0.3) is 0 Å². The molecule has 5 heteroatoms. The highest BCUT2D eigenvalue weighted by molar-refractivity contribution is 5.26. The van der Waals surface area contributed by atoms with E-state index >= 15 is 0 Å². The lowest BCUT2D eigenvalue weighted by Crippen LogP contribution is -2.39. The first-order chi connectivity index (χ1) is 16.7. The number of aliphatic hydroxyl groups is 5. The van der Waals surface area contributed by atoms with Crippen molar-refractivity contribution in [2.24, 2.45) is 23.2 Å². The van der Waals surface area contributed by atoms with Gasteiger partial charge in [-0.3, -0.25) is 0 Å². The van der Waals surface area contributed by atoms with Crippen LogP contribution in [0.4, 0.5) is 0 Å². The van der Waals surface area contributed by atoms with Gasteiger partial charge in [0, 0.05) is 0 Å². The van der Waals surface area contributed by atoms with Crippen LogP contribution < -0.4 is 0 Å². The van der Waals surface area contributed by atoms with Crippen LogP contribution in [0.25, 0.3) is 0 Å². The molecule has 0 heterocycles. The smallest absolute Gasteiger partial charge is 0.0849 e. The highest BCUT2D eigenvalue weighted by Gasteiger charge is 2.51. The zero-order valence-corrected chi connectivity index (χ0v) is 23.5. The number of hydrogen-bond acceptors (Lipinski definition) is 5. The van der Waals surface area contributed by atoms with Crippen LogP contribution in [0, 0.1) is 23.2 Å². The molecule has 208 valence electrons. The van der Waals surface area contributed by atoms with Crippen molar-refractivity contribution >= 4 is 0 Å². The van der Waals surface area contributed by atoms with E-state index < -0.39 is 29.5 Å². The lowest BCUT2D eigenvalue weighted by atomic mass is 9.60. The Morgan fingerprint density at radius 1 is 0.972 bits per heavy atom. The molecule has 3 rings (SSSR count). The molecule has 0 radical (unpaired) electrons. The minimum atomic E-state index is -1.09. The third-order valence-electron chi connectivity index (χ3n) is 9.67. The fourth-order valence-electron chi connectivity index (χ4n) is 7.65. The molecule has 3 saturated carbocycles. The predicted molar refractivity (Wildman–Crippen MR) is 145 cm³/mol. The largest absolute Gasteiger partial charge is 0.393 e. The van der Waals surface area contributed by atoms with Gasteiger partial charge < -0.3 is 25.5 Å². The normalized spacial score (nSPS) is 34.5. The van der Waals surface area contributed by atoms with Crippen molar-refractivity contribution in [3.05, 3.63) is 23.3 Å². The fraction of sp³-hybridized carbons (Fsp3) is 0.871. The molecule has 0 bridgehead atoms. The second kappa shape index (κ2) is 12.0. The van der Waals surface area contributed by atoms with Gasteiger partial charge >= 0.3 is 0 Å². The first-order valence-corrected chi connectivity index (χ1v) is 14.6. The van der Waals surface area contributed by atoms with Crippen LogP contribution in [-0.2, 0) is 0 Å². The summed E-state index contributed by atoms with van der Waals surface area (Å²) in [6.07, 6.45) is 14.9. The highest BCUT2D eigenvalue weighted by atomic mass is 16.3. The second-order valence-electron chi connectivity index (χ2n) is 13.8. The molecule has 3 aliphatic rings. The summed E-state index contributed by atoms with van der Waals surface area (Å²) in [5, 5.41) is 51.3. The van der Waals surface area contributed by atoms with Gasteiger partial charge in [-0.1, -0.05) is 43.1 Å². The lowest BCUT2D eigenvalue weighted by Gasteiger charge is -2.45. The summed E-state index contributed by atoms with van der Waals surface area (Å²) in [6, 6.07) is 0. The van der Waals surface area contributed by atoms with Crippen molar-refractivity contribution in [3.63, 3.8) is 0 Å². The van der Waals surface area contributed by atoms with E-state index in [0.29, 0.717) is 43.4 Å². The summed E-state index contributed by atoms with van der Waals surface area (Å²) in [6.45, 7) is 9.61. The predicted octanol–water partition coefficient (Wildman–Crippen LogP) is 5.43. The molecule has 3 aliphatic carbocycles. The summed E-state index contributed by atoms with van der Waals surface area (Å²) in [5.74, 6) is 1.61. The van der Waals surface area contributed by atoms with Gasteiger partial charge in [-0.25, -0.2) is 0 Å². The van der Waals surface area contributed by atoms with Crippen LogP contribution >= 0.6 is 0 Å². The van der Waals surface area contributed by atoms with E-state index in [9.17, 15) is 25.5 Å². The molecular formula is C31H54O5. The molecule has 0 aromatic carbocycles. The average molecular weight is 507 g/mol. The van der Waals surface area contributed by atoms with E-state index in [1.807, 2.05) is 13.8 Å². The van der Waals surface area contributed by atoms with Gasteiger partial charge in [-0.15, -0.1) is 0 Å². The molecule has 0 unspecified atom stereocenters. The Morgan fingerprint density at radius 2 is 1.64 bits per heavy atom. The summed E-state index contributed by atoms with van der Waals surface area (Å²) in [5.41, 5.74) is 1.16. The zero-order valence-electron chi connectivity index (χ0n) is 23.5. The van der Waals surface area contributed by atoms with Gasteiger partial charge in [0.2, 0.25) is 0 Å². The SMILES string of the molecule is CC(C)(O)CCC[C@@H](CC[C@H](O)C(C)(C)O)[C@H]1CC[C@H]2/C(=C\C=C3C[C@@H](O)C[C@H](O)C3)CCC[C@]12C. The molecule has 0 saturated heterocycles. The van der Waals surface area contributed by atoms with Crippen LogP contribution in [0.3, 0.4) is 0 Å².